The molecule has 6 rings (SSSR count). The van der Waals surface area contributed by atoms with Gasteiger partial charge < -0.3 is 30.1 Å². The topological polar surface area (TPSA) is 129 Å². The van der Waals surface area contributed by atoms with Gasteiger partial charge >= 0.3 is 12.1 Å². The first-order chi connectivity index (χ1) is 20.1. The Morgan fingerprint density at radius 2 is 1.95 bits per heavy atom. The molecule has 1 amide bonds. The number of fused-ring (bicyclic) bond motifs is 1. The number of carbonyl (C=O) groups is 2. The summed E-state index contributed by atoms with van der Waals surface area (Å²) in [7, 11) is 0. The Hall–Kier alpha value is -3.49. The number of aliphatic carboxylic acids is 1. The van der Waals surface area contributed by atoms with Crippen LogP contribution in [-0.4, -0.2) is 96.2 Å². The van der Waals surface area contributed by atoms with Gasteiger partial charge in [-0.25, -0.2) is 9.78 Å². The third-order valence-corrected chi connectivity index (χ3v) is 7.78. The molecule has 3 N–H and O–H groups in total. The van der Waals surface area contributed by atoms with Crippen molar-refractivity contribution in [2.45, 2.75) is 44.1 Å². The van der Waals surface area contributed by atoms with Crippen LogP contribution in [0, 0.1) is 5.92 Å². The molecule has 4 aliphatic rings. The Morgan fingerprint density at radius 1 is 1.19 bits per heavy atom. The molecular formula is C28H35F3N6O5. The van der Waals surface area contributed by atoms with Crippen LogP contribution in [0.5, 0.6) is 0 Å². The molecule has 1 aromatic heterocycles. The molecule has 1 aromatic carbocycles. The number of morpholine rings is 1. The molecule has 1 unspecified atom stereocenters. The number of hydrogen-bond acceptors (Lipinski definition) is 9. The van der Waals surface area contributed by atoms with Gasteiger partial charge in [-0.2, -0.15) is 18.2 Å². The number of carboxylic acid groups (broad SMARTS) is 1. The minimum absolute atomic E-state index is 0.0444. The zero-order chi connectivity index (χ0) is 29.7. The van der Waals surface area contributed by atoms with Crippen LogP contribution in [0.2, 0.25) is 0 Å². The summed E-state index contributed by atoms with van der Waals surface area (Å²) >= 11 is 0. The highest BCUT2D eigenvalue weighted by atomic mass is 19.4. The van der Waals surface area contributed by atoms with Gasteiger partial charge in [-0.05, 0) is 30.7 Å². The highest BCUT2D eigenvalue weighted by Gasteiger charge is 2.48. The lowest BCUT2D eigenvalue weighted by atomic mass is 9.90. The molecule has 1 spiro atoms. The van der Waals surface area contributed by atoms with E-state index in [0.717, 1.165) is 76.1 Å². The van der Waals surface area contributed by atoms with Gasteiger partial charge in [0.1, 0.15) is 12.4 Å². The summed E-state index contributed by atoms with van der Waals surface area (Å²) in [5, 5.41) is 13.9. The molecule has 2 aromatic rings. The molecule has 4 aliphatic heterocycles. The van der Waals surface area contributed by atoms with Crippen molar-refractivity contribution in [1.29, 1.82) is 0 Å². The molecule has 42 heavy (non-hydrogen) atoms. The maximum atomic E-state index is 11.9. The summed E-state index contributed by atoms with van der Waals surface area (Å²) in [4.78, 5) is 35.4. The maximum Gasteiger partial charge on any atom is 0.490 e. The maximum absolute atomic E-state index is 11.9. The van der Waals surface area contributed by atoms with Crippen LogP contribution < -0.4 is 15.5 Å². The average molecular weight is 593 g/mol. The standard InChI is InChI=1S/C26H34N6O3.C2HF3O2/c33-23-15-35-18-26(30-23)16-32(17-26)25-28-22-13-31(12-19-4-2-1-3-5-19)10-7-21(22)24(29-25)27-9-6-20-8-11-34-14-20;3-2(4,5)1(6)7/h1-5,20H,6-18H2,(H,30,33)(H,27,28,29);(H,6,7). The quantitative estimate of drug-likeness (QED) is 0.440. The fourth-order valence-electron chi connectivity index (χ4n) is 5.64. The zero-order valence-electron chi connectivity index (χ0n) is 23.2. The zero-order valence-corrected chi connectivity index (χ0v) is 23.2. The van der Waals surface area contributed by atoms with Crippen LogP contribution in [-0.2, 0) is 38.6 Å². The highest BCUT2D eigenvalue weighted by Crippen LogP contribution is 2.32. The molecule has 1 atom stereocenters. The molecule has 3 saturated heterocycles. The Morgan fingerprint density at radius 3 is 2.62 bits per heavy atom. The summed E-state index contributed by atoms with van der Waals surface area (Å²) in [6.07, 6.45) is -1.91. The van der Waals surface area contributed by atoms with Crippen LogP contribution >= 0.6 is 0 Å². The van der Waals surface area contributed by atoms with E-state index in [1.165, 1.54) is 11.1 Å². The van der Waals surface area contributed by atoms with Crippen LogP contribution in [0.25, 0.3) is 0 Å². The second-order valence-electron chi connectivity index (χ2n) is 11.2. The molecule has 228 valence electrons. The fraction of sp³-hybridized carbons (Fsp3) is 0.571. The van der Waals surface area contributed by atoms with Crippen LogP contribution in [0.3, 0.4) is 0 Å². The molecule has 5 heterocycles. The number of alkyl halides is 3. The van der Waals surface area contributed by atoms with Crippen molar-refractivity contribution in [3.05, 3.63) is 47.2 Å². The minimum atomic E-state index is -5.08. The SMILES string of the molecule is O=C(O)C(F)(F)F.O=C1COCC2(CN(c3nc4c(c(NCCC5CCOC5)n3)CCN(Cc3ccccc3)C4)C2)N1. The number of rotatable bonds is 7. The number of amides is 1. The molecule has 0 saturated carbocycles. The first-order valence-corrected chi connectivity index (χ1v) is 14.0. The van der Waals surface area contributed by atoms with E-state index in [0.29, 0.717) is 25.6 Å². The monoisotopic (exact) mass is 592 g/mol. The Bertz CT molecular complexity index is 1250. The van der Waals surface area contributed by atoms with E-state index in [2.05, 4.69) is 50.8 Å². The van der Waals surface area contributed by atoms with Crippen molar-refractivity contribution in [1.82, 2.24) is 20.2 Å². The number of anilines is 2. The second-order valence-corrected chi connectivity index (χ2v) is 11.2. The third kappa shape index (κ3) is 7.47. The molecular weight excluding hydrogens is 557 g/mol. The van der Waals surface area contributed by atoms with Gasteiger partial charge in [0.05, 0.1) is 17.8 Å². The molecule has 3 fully saturated rings. The summed E-state index contributed by atoms with van der Waals surface area (Å²) in [6.45, 7) is 7.38. The Balaban J connectivity index is 0.000000451. The first-order valence-electron chi connectivity index (χ1n) is 14.0. The number of nitrogens with zero attached hydrogens (tertiary/aromatic N) is 4. The largest absolute Gasteiger partial charge is 0.490 e. The van der Waals surface area contributed by atoms with E-state index in [1.54, 1.807) is 0 Å². The number of nitrogens with one attached hydrogen (secondary N) is 2. The van der Waals surface area contributed by atoms with Gasteiger partial charge in [-0.3, -0.25) is 9.69 Å². The summed E-state index contributed by atoms with van der Waals surface area (Å²) in [6, 6.07) is 10.6. The van der Waals surface area contributed by atoms with E-state index in [4.69, 9.17) is 29.3 Å². The van der Waals surface area contributed by atoms with Gasteiger partial charge in [0, 0.05) is 58.0 Å². The summed E-state index contributed by atoms with van der Waals surface area (Å²) in [5.74, 6) is -0.466. The smallest absolute Gasteiger partial charge is 0.475 e. The third-order valence-electron chi connectivity index (χ3n) is 7.78. The van der Waals surface area contributed by atoms with E-state index in [9.17, 15) is 18.0 Å². The molecule has 11 nitrogen and oxygen atoms in total. The number of hydrogen-bond donors (Lipinski definition) is 3. The molecule has 0 radical (unpaired) electrons. The van der Waals surface area contributed by atoms with Crippen molar-refractivity contribution in [2.24, 2.45) is 5.92 Å². The number of ether oxygens (including phenoxy) is 2. The second kappa shape index (κ2) is 12.8. The summed E-state index contributed by atoms with van der Waals surface area (Å²) in [5.41, 5.74) is 3.35. The number of aromatic nitrogens is 2. The predicted molar refractivity (Wildman–Crippen MR) is 146 cm³/mol. The van der Waals surface area contributed by atoms with Crippen molar-refractivity contribution >= 4 is 23.6 Å². The van der Waals surface area contributed by atoms with Gasteiger partial charge in [0.15, 0.2) is 0 Å². The van der Waals surface area contributed by atoms with Crippen molar-refractivity contribution in [3.8, 4) is 0 Å². The predicted octanol–water partition coefficient (Wildman–Crippen LogP) is 2.21. The lowest BCUT2D eigenvalue weighted by Crippen LogP contribution is -2.75. The van der Waals surface area contributed by atoms with Crippen LogP contribution in [0.15, 0.2) is 30.3 Å². The summed E-state index contributed by atoms with van der Waals surface area (Å²) < 4.78 is 42.8. The van der Waals surface area contributed by atoms with Crippen molar-refractivity contribution in [3.63, 3.8) is 0 Å². The minimum Gasteiger partial charge on any atom is -0.475 e. The van der Waals surface area contributed by atoms with Gasteiger partial charge in [-0.1, -0.05) is 30.3 Å². The lowest BCUT2D eigenvalue weighted by Gasteiger charge is -2.51. The molecule has 0 aliphatic carbocycles. The first kappa shape index (κ1) is 30.0. The van der Waals surface area contributed by atoms with Crippen LogP contribution in [0.1, 0.15) is 29.7 Å². The number of benzene rings is 1. The molecule has 0 bridgehead atoms. The van der Waals surface area contributed by atoms with Crippen molar-refractivity contribution < 1.29 is 37.3 Å². The van der Waals surface area contributed by atoms with Gasteiger partial charge in [-0.15, -0.1) is 0 Å². The fourth-order valence-corrected chi connectivity index (χ4v) is 5.64. The van der Waals surface area contributed by atoms with Gasteiger partial charge in [0.25, 0.3) is 0 Å². The van der Waals surface area contributed by atoms with E-state index < -0.39 is 12.1 Å². The van der Waals surface area contributed by atoms with E-state index in [1.807, 2.05) is 0 Å². The number of carbonyl (C=O) groups excluding carboxylic acids is 1. The van der Waals surface area contributed by atoms with Crippen LogP contribution in [0.4, 0.5) is 24.9 Å². The number of carboxylic acids is 1. The molecule has 14 heteroatoms. The van der Waals surface area contributed by atoms with E-state index in [-0.39, 0.29) is 18.1 Å². The highest BCUT2D eigenvalue weighted by molar-refractivity contribution is 5.79. The van der Waals surface area contributed by atoms with Gasteiger partial charge in [0.2, 0.25) is 11.9 Å². The Labute approximate surface area is 241 Å². The van der Waals surface area contributed by atoms with E-state index >= 15 is 0 Å². The normalized spacial score (nSPS) is 21.5. The lowest BCUT2D eigenvalue weighted by molar-refractivity contribution is -0.192. The number of halogens is 3. The van der Waals surface area contributed by atoms with Crippen molar-refractivity contribution in [2.75, 3.05) is 62.8 Å². The average Bonchev–Trinajstić information content (AvgIpc) is 3.45. The Kier molecular flexibility index (Phi) is 9.13.